The molecule has 0 heterocycles. The highest BCUT2D eigenvalue weighted by molar-refractivity contribution is 6.34. The molecule has 0 aliphatic carbocycles. The lowest BCUT2D eigenvalue weighted by Gasteiger charge is -2.09. The Kier molecular flexibility index (Phi) is 4.16. The molecule has 96 valence electrons. The molecule has 2 aromatic rings. The Morgan fingerprint density at radius 2 is 1.74 bits per heavy atom. The van der Waals surface area contributed by atoms with Gasteiger partial charge in [0, 0.05) is 15.7 Å². The second-order valence-electron chi connectivity index (χ2n) is 3.90. The number of nitriles is 1. The number of rotatable bonds is 3. The number of nitrogen functional groups attached to an aromatic ring is 1. The molecule has 0 aliphatic rings. The van der Waals surface area contributed by atoms with Crippen molar-refractivity contribution in [2.24, 2.45) is 0 Å². The monoisotopic (exact) mass is 292 g/mol. The third-order valence-electron chi connectivity index (χ3n) is 2.46. The summed E-state index contributed by atoms with van der Waals surface area (Å²) < 4.78 is 5.65. The van der Waals surface area contributed by atoms with Crippen molar-refractivity contribution < 1.29 is 4.74 Å². The average Bonchev–Trinajstić information content (AvgIpc) is 2.32. The fourth-order valence-corrected chi connectivity index (χ4v) is 2.11. The molecule has 0 saturated carbocycles. The smallest absolute Gasteiger partial charge is 0.130 e. The fourth-order valence-electron chi connectivity index (χ4n) is 1.61. The van der Waals surface area contributed by atoms with E-state index in [0.717, 1.165) is 5.56 Å². The van der Waals surface area contributed by atoms with Crippen molar-refractivity contribution in [1.29, 1.82) is 5.26 Å². The van der Waals surface area contributed by atoms with Crippen LogP contribution >= 0.6 is 23.2 Å². The zero-order valence-corrected chi connectivity index (χ0v) is 11.4. The SMILES string of the molecule is N#CCc1cc(Oc2cc(Cl)cc(Cl)c2)ccc1N. The van der Waals surface area contributed by atoms with Crippen molar-refractivity contribution in [1.82, 2.24) is 0 Å². The van der Waals surface area contributed by atoms with Crippen molar-refractivity contribution in [3.05, 3.63) is 52.0 Å². The molecule has 2 rings (SSSR count). The lowest BCUT2D eigenvalue weighted by Crippen LogP contribution is -1.94. The minimum absolute atomic E-state index is 0.235. The van der Waals surface area contributed by atoms with Gasteiger partial charge in [0.05, 0.1) is 12.5 Å². The van der Waals surface area contributed by atoms with E-state index in [1.165, 1.54) is 0 Å². The van der Waals surface area contributed by atoms with Crippen molar-refractivity contribution in [3.8, 4) is 17.6 Å². The fraction of sp³-hybridized carbons (Fsp3) is 0.0714. The summed E-state index contributed by atoms with van der Waals surface area (Å²) >= 11 is 11.8. The van der Waals surface area contributed by atoms with Crippen molar-refractivity contribution in [3.63, 3.8) is 0 Å². The van der Waals surface area contributed by atoms with E-state index < -0.39 is 0 Å². The predicted molar refractivity (Wildman–Crippen MR) is 76.7 cm³/mol. The molecule has 0 atom stereocenters. The minimum atomic E-state index is 0.235. The van der Waals surface area contributed by atoms with E-state index in [1.807, 2.05) is 0 Å². The van der Waals surface area contributed by atoms with Gasteiger partial charge in [-0.2, -0.15) is 5.26 Å². The molecule has 5 heteroatoms. The van der Waals surface area contributed by atoms with Crippen LogP contribution in [-0.4, -0.2) is 0 Å². The predicted octanol–water partition coefficient (Wildman–Crippen LogP) is 4.43. The van der Waals surface area contributed by atoms with Crippen LogP contribution in [-0.2, 0) is 6.42 Å². The van der Waals surface area contributed by atoms with Crippen LogP contribution in [0, 0.1) is 11.3 Å². The second kappa shape index (κ2) is 5.83. The van der Waals surface area contributed by atoms with E-state index in [0.29, 0.717) is 27.2 Å². The Hall–Kier alpha value is -1.89. The first-order valence-electron chi connectivity index (χ1n) is 5.48. The lowest BCUT2D eigenvalue weighted by molar-refractivity contribution is 0.482. The van der Waals surface area contributed by atoms with Crippen LogP contribution in [0.5, 0.6) is 11.5 Å². The number of anilines is 1. The highest BCUT2D eigenvalue weighted by atomic mass is 35.5. The normalized spacial score (nSPS) is 9.95. The van der Waals surface area contributed by atoms with Crippen LogP contribution in [0.2, 0.25) is 10.0 Å². The van der Waals surface area contributed by atoms with Gasteiger partial charge in [-0.3, -0.25) is 0 Å². The molecule has 0 aliphatic heterocycles. The molecule has 0 spiro atoms. The van der Waals surface area contributed by atoms with Gasteiger partial charge < -0.3 is 10.5 Å². The quantitative estimate of drug-likeness (QED) is 0.851. The van der Waals surface area contributed by atoms with E-state index in [2.05, 4.69) is 6.07 Å². The Labute approximate surface area is 121 Å². The van der Waals surface area contributed by atoms with E-state index in [9.17, 15) is 0 Å². The molecule has 0 amide bonds. The second-order valence-corrected chi connectivity index (χ2v) is 4.78. The van der Waals surface area contributed by atoms with Gasteiger partial charge in [0.25, 0.3) is 0 Å². The highest BCUT2D eigenvalue weighted by Crippen LogP contribution is 2.29. The van der Waals surface area contributed by atoms with Gasteiger partial charge in [0.2, 0.25) is 0 Å². The Morgan fingerprint density at radius 3 is 2.37 bits per heavy atom. The minimum Gasteiger partial charge on any atom is -0.457 e. The molecule has 0 unspecified atom stereocenters. The first-order chi connectivity index (χ1) is 9.08. The van der Waals surface area contributed by atoms with E-state index in [1.54, 1.807) is 36.4 Å². The molecule has 0 aromatic heterocycles. The van der Waals surface area contributed by atoms with Gasteiger partial charge in [-0.1, -0.05) is 23.2 Å². The zero-order valence-electron chi connectivity index (χ0n) is 9.86. The molecule has 0 saturated heterocycles. The summed E-state index contributed by atoms with van der Waals surface area (Å²) in [6.07, 6.45) is 0.235. The summed E-state index contributed by atoms with van der Waals surface area (Å²) in [4.78, 5) is 0. The van der Waals surface area contributed by atoms with Crippen LogP contribution < -0.4 is 10.5 Å². The van der Waals surface area contributed by atoms with Crippen LogP contribution in [0.4, 0.5) is 5.69 Å². The van der Waals surface area contributed by atoms with Gasteiger partial charge in [-0.05, 0) is 42.0 Å². The molecule has 0 bridgehead atoms. The standard InChI is InChI=1S/C14H10Cl2N2O/c15-10-6-11(16)8-13(7-10)19-12-1-2-14(18)9(5-12)3-4-17/h1-2,5-8H,3,18H2. The van der Waals surface area contributed by atoms with E-state index >= 15 is 0 Å². The Bertz CT molecular complexity index is 630. The molecule has 2 N–H and O–H groups in total. The number of benzene rings is 2. The molecule has 0 fully saturated rings. The lowest BCUT2D eigenvalue weighted by atomic mass is 10.1. The van der Waals surface area contributed by atoms with Gasteiger partial charge in [-0.25, -0.2) is 0 Å². The summed E-state index contributed by atoms with van der Waals surface area (Å²) in [6.45, 7) is 0. The summed E-state index contributed by atoms with van der Waals surface area (Å²) in [6, 6.07) is 12.2. The zero-order chi connectivity index (χ0) is 13.8. The summed E-state index contributed by atoms with van der Waals surface area (Å²) in [5.74, 6) is 1.11. The number of ether oxygens (including phenoxy) is 1. The number of nitrogens with two attached hydrogens (primary N) is 1. The number of hydrogen-bond acceptors (Lipinski definition) is 3. The number of halogens is 2. The van der Waals surface area contributed by atoms with Crippen LogP contribution in [0.15, 0.2) is 36.4 Å². The molecule has 19 heavy (non-hydrogen) atoms. The molecular weight excluding hydrogens is 283 g/mol. The van der Waals surface area contributed by atoms with Crippen molar-refractivity contribution in [2.45, 2.75) is 6.42 Å². The maximum Gasteiger partial charge on any atom is 0.130 e. The van der Waals surface area contributed by atoms with Gasteiger partial charge in [-0.15, -0.1) is 0 Å². The highest BCUT2D eigenvalue weighted by Gasteiger charge is 2.04. The van der Waals surface area contributed by atoms with Crippen LogP contribution in [0.25, 0.3) is 0 Å². The van der Waals surface area contributed by atoms with Crippen LogP contribution in [0.3, 0.4) is 0 Å². The number of hydrogen-bond donors (Lipinski definition) is 1. The maximum absolute atomic E-state index is 8.72. The van der Waals surface area contributed by atoms with Crippen molar-refractivity contribution in [2.75, 3.05) is 5.73 Å². The van der Waals surface area contributed by atoms with E-state index in [-0.39, 0.29) is 6.42 Å². The third-order valence-corrected chi connectivity index (χ3v) is 2.89. The third kappa shape index (κ3) is 3.54. The first kappa shape index (κ1) is 13.5. The van der Waals surface area contributed by atoms with Crippen LogP contribution in [0.1, 0.15) is 5.56 Å². The Morgan fingerprint density at radius 1 is 1.05 bits per heavy atom. The van der Waals surface area contributed by atoms with Crippen molar-refractivity contribution >= 4 is 28.9 Å². The number of nitrogens with zero attached hydrogens (tertiary/aromatic N) is 1. The topological polar surface area (TPSA) is 59.0 Å². The summed E-state index contributed by atoms with van der Waals surface area (Å²) in [7, 11) is 0. The molecular formula is C14H10Cl2N2O. The molecule has 0 radical (unpaired) electrons. The molecule has 2 aromatic carbocycles. The largest absolute Gasteiger partial charge is 0.457 e. The van der Waals surface area contributed by atoms with E-state index in [4.69, 9.17) is 38.9 Å². The molecule has 3 nitrogen and oxygen atoms in total. The maximum atomic E-state index is 8.72. The van der Waals surface area contributed by atoms with Gasteiger partial charge >= 0.3 is 0 Å². The van der Waals surface area contributed by atoms with Gasteiger partial charge in [0.1, 0.15) is 11.5 Å². The summed E-state index contributed by atoms with van der Waals surface area (Å²) in [5.41, 5.74) is 7.07. The Balaban J connectivity index is 2.28. The van der Waals surface area contributed by atoms with Gasteiger partial charge in [0.15, 0.2) is 0 Å². The first-order valence-corrected chi connectivity index (χ1v) is 6.23. The average molecular weight is 293 g/mol. The summed E-state index contributed by atoms with van der Waals surface area (Å²) in [5, 5.41) is 9.71.